The van der Waals surface area contributed by atoms with Gasteiger partial charge in [0.1, 0.15) is 6.63 Å². The average Bonchev–Trinajstić information content (AvgIpc) is 2.60. The summed E-state index contributed by atoms with van der Waals surface area (Å²) in [7, 11) is 0. The van der Waals surface area contributed by atoms with Gasteiger partial charge >= 0.3 is 0 Å². The highest BCUT2D eigenvalue weighted by molar-refractivity contribution is 8.09. The molecule has 0 N–H and O–H groups in total. The average molecular weight is 429 g/mol. The van der Waals surface area contributed by atoms with Crippen molar-refractivity contribution in [2.75, 3.05) is 0 Å². The van der Waals surface area contributed by atoms with Crippen LogP contribution in [0.2, 0.25) is 0 Å². The Kier molecular flexibility index (Phi) is 6.55. The van der Waals surface area contributed by atoms with Crippen LogP contribution in [-0.4, -0.2) is 0 Å². The topological polar surface area (TPSA) is 0 Å². The van der Waals surface area contributed by atoms with Gasteiger partial charge in [-0.15, -0.1) is 0 Å². The van der Waals surface area contributed by atoms with Crippen molar-refractivity contribution in [1.29, 1.82) is 0 Å². The van der Waals surface area contributed by atoms with Crippen molar-refractivity contribution in [3.63, 3.8) is 0 Å². The molecule has 0 aliphatic carbocycles. The molecule has 0 amide bonds. The van der Waals surface area contributed by atoms with Gasteiger partial charge in [0.15, 0.2) is 0 Å². The molecule has 0 saturated carbocycles. The van der Waals surface area contributed by atoms with Crippen molar-refractivity contribution in [2.24, 2.45) is 0 Å². The molecule has 3 aromatic rings. The van der Waals surface area contributed by atoms with Crippen LogP contribution in [0.5, 0.6) is 0 Å². The largest absolute Gasteiger partial charge is 0.118 e. The molecule has 3 aromatic carbocycles. The number of aryl methyl sites for hydroxylation is 4. The molecule has 0 spiro atoms. The second-order valence-electron chi connectivity index (χ2n) is 7.89. The highest BCUT2D eigenvalue weighted by Crippen LogP contribution is 2.52. The van der Waals surface area contributed by atoms with Crippen molar-refractivity contribution in [1.82, 2.24) is 0 Å². The zero-order valence-electron chi connectivity index (χ0n) is 17.4. The van der Waals surface area contributed by atoms with Crippen molar-refractivity contribution in [3.8, 4) is 22.3 Å². The van der Waals surface area contributed by atoms with Crippen LogP contribution >= 0.6 is 29.1 Å². The third-order valence-electron chi connectivity index (χ3n) is 5.47. The fraction of sp³-hybridized carbons (Fsp3) is 0.280. The summed E-state index contributed by atoms with van der Waals surface area (Å²) in [5, 5.41) is 1.07. The van der Waals surface area contributed by atoms with Gasteiger partial charge in [-0.25, -0.2) is 0 Å². The Morgan fingerprint density at radius 1 is 0.679 bits per heavy atom. The van der Waals surface area contributed by atoms with E-state index < -0.39 is 6.63 Å². The van der Waals surface area contributed by atoms with Gasteiger partial charge in [-0.2, -0.15) is 0 Å². The van der Waals surface area contributed by atoms with Gasteiger partial charge in [-0.1, -0.05) is 84.9 Å². The lowest BCUT2D eigenvalue weighted by Gasteiger charge is -2.23. The van der Waals surface area contributed by atoms with Crippen molar-refractivity contribution in [3.05, 3.63) is 76.3 Å². The van der Waals surface area contributed by atoms with E-state index in [1.165, 1.54) is 50.1 Å². The second kappa shape index (κ2) is 8.58. The zero-order valence-corrected chi connectivity index (χ0v) is 19.8. The van der Waals surface area contributed by atoms with E-state index >= 15 is 0 Å². The van der Waals surface area contributed by atoms with E-state index in [1.807, 2.05) is 0 Å². The van der Waals surface area contributed by atoms with E-state index in [1.54, 1.807) is 0 Å². The molecule has 3 rings (SSSR count). The van der Waals surface area contributed by atoms with Gasteiger partial charge in [0.25, 0.3) is 0 Å². The van der Waals surface area contributed by atoms with Crippen molar-refractivity contribution < 1.29 is 0 Å². The molecule has 0 unspecified atom stereocenters. The fourth-order valence-electron chi connectivity index (χ4n) is 4.03. The first-order valence-electron chi connectivity index (χ1n) is 9.65. The van der Waals surface area contributed by atoms with E-state index in [-0.39, 0.29) is 0 Å². The van der Waals surface area contributed by atoms with E-state index in [4.69, 9.17) is 22.5 Å². The van der Waals surface area contributed by atoms with Gasteiger partial charge in [0.05, 0.1) is 0 Å². The molecular formula is C25H27Cl2P. The normalized spacial score (nSPS) is 11.5. The van der Waals surface area contributed by atoms with Crippen molar-refractivity contribution in [2.45, 2.75) is 47.5 Å². The Hall–Kier alpha value is -1.33. The predicted octanol–water partition coefficient (Wildman–Crippen LogP) is 8.79. The lowest BCUT2D eigenvalue weighted by atomic mass is 9.86. The van der Waals surface area contributed by atoms with Crippen LogP contribution in [0.15, 0.2) is 48.5 Å². The fourth-order valence-corrected chi connectivity index (χ4v) is 5.84. The second-order valence-corrected chi connectivity index (χ2v) is 11.3. The van der Waals surface area contributed by atoms with Gasteiger partial charge in [0.2, 0.25) is 0 Å². The minimum atomic E-state index is -1.32. The summed E-state index contributed by atoms with van der Waals surface area (Å²) in [6, 6.07) is 17.5. The smallest absolute Gasteiger partial charge is 0.0727 e. The number of halogens is 2. The Morgan fingerprint density at radius 2 is 1.04 bits per heavy atom. The van der Waals surface area contributed by atoms with Crippen molar-refractivity contribution >= 4 is 34.4 Å². The summed E-state index contributed by atoms with van der Waals surface area (Å²) in [6.45, 7) is 11.8. The number of benzene rings is 3. The SMILES string of the molecule is Cc1cccc(C)c1-c1cc(C(C)C)cc(-c2c(C)cccc2C)c1P(Cl)Cl. The Morgan fingerprint density at radius 3 is 1.32 bits per heavy atom. The van der Waals surface area contributed by atoms with E-state index in [9.17, 15) is 0 Å². The summed E-state index contributed by atoms with van der Waals surface area (Å²) in [4.78, 5) is 0. The van der Waals surface area contributed by atoms with Crippen LogP contribution < -0.4 is 5.30 Å². The lowest BCUT2D eigenvalue weighted by molar-refractivity contribution is 0.868. The number of rotatable bonds is 4. The Bertz CT molecular complexity index is 906. The molecule has 146 valence electrons. The van der Waals surface area contributed by atoms with E-state index in [0.29, 0.717) is 5.92 Å². The van der Waals surface area contributed by atoms with Crippen LogP contribution in [0.4, 0.5) is 0 Å². The molecule has 0 nitrogen and oxygen atoms in total. The van der Waals surface area contributed by atoms with Crippen LogP contribution in [0.3, 0.4) is 0 Å². The molecule has 0 aliphatic heterocycles. The Balaban J connectivity index is 2.49. The zero-order chi connectivity index (χ0) is 20.6. The van der Waals surface area contributed by atoms with E-state index in [0.717, 1.165) is 5.30 Å². The maximum absolute atomic E-state index is 6.68. The first-order valence-corrected chi connectivity index (χ1v) is 12.8. The quantitative estimate of drug-likeness (QED) is 0.364. The lowest BCUT2D eigenvalue weighted by Crippen LogP contribution is -2.11. The standard InChI is InChI=1S/C25H27Cl2P/c1-15(2)20-13-21(23-16(3)9-7-10-17(23)4)25(28(26)27)22(14-20)24-18(5)11-8-12-19(24)6/h7-15H,1-6H3. The van der Waals surface area contributed by atoms with Crippen LogP contribution in [0.1, 0.15) is 47.6 Å². The molecule has 3 heteroatoms. The number of hydrogen-bond donors (Lipinski definition) is 0. The number of hydrogen-bond acceptors (Lipinski definition) is 0. The van der Waals surface area contributed by atoms with Gasteiger partial charge in [0, 0.05) is 5.30 Å². The summed E-state index contributed by atoms with van der Waals surface area (Å²) >= 11 is 13.4. The van der Waals surface area contributed by atoms with Crippen LogP contribution in [0.25, 0.3) is 22.3 Å². The minimum Gasteiger partial charge on any atom is -0.0727 e. The maximum atomic E-state index is 6.68. The van der Waals surface area contributed by atoms with Gasteiger partial charge in [-0.05, 0) is 83.7 Å². The highest BCUT2D eigenvalue weighted by Gasteiger charge is 2.23. The predicted molar refractivity (Wildman–Crippen MR) is 129 cm³/mol. The molecule has 0 bridgehead atoms. The molecule has 0 heterocycles. The summed E-state index contributed by atoms with van der Waals surface area (Å²) in [5.74, 6) is 0.414. The van der Waals surface area contributed by atoms with Gasteiger partial charge < -0.3 is 0 Å². The first kappa shape index (κ1) is 21.4. The third kappa shape index (κ3) is 4.02. The minimum absolute atomic E-state index is 0.414. The Labute approximate surface area is 180 Å². The third-order valence-corrected chi connectivity index (χ3v) is 7.30. The molecule has 0 fully saturated rings. The molecule has 0 saturated heterocycles. The van der Waals surface area contributed by atoms with Crippen LogP contribution in [-0.2, 0) is 0 Å². The molecule has 28 heavy (non-hydrogen) atoms. The molecule has 0 aromatic heterocycles. The molecule has 0 atom stereocenters. The summed E-state index contributed by atoms with van der Waals surface area (Å²) in [6.07, 6.45) is 0. The monoisotopic (exact) mass is 428 g/mol. The van der Waals surface area contributed by atoms with Crippen LogP contribution in [0, 0.1) is 27.7 Å². The van der Waals surface area contributed by atoms with E-state index in [2.05, 4.69) is 90.1 Å². The summed E-state index contributed by atoms with van der Waals surface area (Å²) < 4.78 is 0. The first-order chi connectivity index (χ1) is 13.2. The highest BCUT2D eigenvalue weighted by atomic mass is 35.9. The molecule has 0 aliphatic rings. The molecular weight excluding hydrogens is 402 g/mol. The summed E-state index contributed by atoms with van der Waals surface area (Å²) in [5.41, 5.74) is 11.2. The maximum Gasteiger partial charge on any atom is 0.118 e. The van der Waals surface area contributed by atoms with Gasteiger partial charge in [-0.3, -0.25) is 0 Å². The molecule has 0 radical (unpaired) electrons.